The molecule has 0 aliphatic rings. The Labute approximate surface area is 143 Å². The summed E-state index contributed by atoms with van der Waals surface area (Å²) in [5.74, 6) is -0.741. The Morgan fingerprint density at radius 1 is 1.20 bits per heavy atom. The van der Waals surface area contributed by atoms with Crippen molar-refractivity contribution in [1.29, 1.82) is 0 Å². The number of nitrogens with zero attached hydrogens (tertiary/aromatic N) is 2. The fourth-order valence-corrected chi connectivity index (χ4v) is 2.86. The molecule has 3 aromatic rings. The van der Waals surface area contributed by atoms with Crippen molar-refractivity contribution in [3.8, 4) is 5.75 Å². The van der Waals surface area contributed by atoms with Crippen LogP contribution in [0.1, 0.15) is 27.2 Å². The van der Waals surface area contributed by atoms with E-state index in [1.165, 1.54) is 6.21 Å². The summed E-state index contributed by atoms with van der Waals surface area (Å²) in [6, 6.07) is 12.6. The third-order valence-electron chi connectivity index (χ3n) is 4.06. The highest BCUT2D eigenvalue weighted by Crippen LogP contribution is 2.25. The van der Waals surface area contributed by atoms with Crippen LogP contribution in [0.3, 0.4) is 0 Å². The van der Waals surface area contributed by atoms with Crippen LogP contribution >= 0.6 is 0 Å². The number of primary amides is 1. The molecule has 3 N–H and O–H groups in total. The molecule has 0 saturated carbocycles. The lowest BCUT2D eigenvalue weighted by Crippen LogP contribution is -2.30. The fraction of sp³-hybridized carbons (Fsp3) is 0.105. The third kappa shape index (κ3) is 2.89. The highest BCUT2D eigenvalue weighted by Gasteiger charge is 2.14. The first-order valence-corrected chi connectivity index (χ1v) is 7.68. The molecule has 2 aromatic carbocycles. The molecule has 0 atom stereocenters. The zero-order valence-electron chi connectivity index (χ0n) is 13.9. The smallest absolute Gasteiger partial charge is 0.284 e. The summed E-state index contributed by atoms with van der Waals surface area (Å²) in [5.41, 5.74) is 6.18. The van der Waals surface area contributed by atoms with Crippen molar-refractivity contribution >= 4 is 22.9 Å². The predicted octanol–water partition coefficient (Wildman–Crippen LogP) is 2.31. The summed E-state index contributed by atoms with van der Waals surface area (Å²) in [4.78, 5) is 24.0. The molecule has 3 rings (SSSR count). The maximum absolute atomic E-state index is 12.5. The number of amides is 1. The number of hydrogen-bond donors (Lipinski definition) is 2. The molecule has 0 spiro atoms. The second kappa shape index (κ2) is 6.24. The summed E-state index contributed by atoms with van der Waals surface area (Å²) in [6.45, 7) is 3.36. The molecule has 6 nitrogen and oxygen atoms in total. The van der Waals surface area contributed by atoms with Crippen LogP contribution in [0.2, 0.25) is 0 Å². The number of fused-ring (bicyclic) bond motifs is 1. The van der Waals surface area contributed by atoms with E-state index in [1.807, 2.05) is 24.3 Å². The molecule has 0 radical (unpaired) electrons. The average Bonchev–Trinajstić information content (AvgIpc) is 2.55. The van der Waals surface area contributed by atoms with Crippen molar-refractivity contribution < 1.29 is 9.90 Å². The van der Waals surface area contributed by atoms with Gasteiger partial charge in [-0.1, -0.05) is 30.3 Å². The number of aromatic hydroxyl groups is 1. The summed E-state index contributed by atoms with van der Waals surface area (Å²) in [7, 11) is 0. The van der Waals surface area contributed by atoms with Crippen molar-refractivity contribution in [3.05, 3.63) is 75.2 Å². The summed E-state index contributed by atoms with van der Waals surface area (Å²) in [6.07, 6.45) is 1.41. The van der Waals surface area contributed by atoms with Gasteiger partial charge in [-0.15, -0.1) is 0 Å². The van der Waals surface area contributed by atoms with E-state index in [2.05, 4.69) is 5.10 Å². The van der Waals surface area contributed by atoms with Gasteiger partial charge in [-0.05, 0) is 42.3 Å². The van der Waals surface area contributed by atoms with Crippen LogP contribution in [0.15, 0.2) is 52.4 Å². The van der Waals surface area contributed by atoms with Gasteiger partial charge in [0.1, 0.15) is 11.3 Å². The molecule has 0 bridgehead atoms. The first kappa shape index (κ1) is 16.4. The largest absolute Gasteiger partial charge is 0.507 e. The van der Waals surface area contributed by atoms with Crippen LogP contribution < -0.4 is 11.3 Å². The van der Waals surface area contributed by atoms with Crippen LogP contribution in [-0.4, -0.2) is 21.9 Å². The van der Waals surface area contributed by atoms with Gasteiger partial charge in [0.05, 0.1) is 6.21 Å². The van der Waals surface area contributed by atoms with Crippen LogP contribution in [0, 0.1) is 13.8 Å². The zero-order valence-corrected chi connectivity index (χ0v) is 13.9. The molecule has 0 unspecified atom stereocenters. The Hall–Kier alpha value is -3.41. The quantitative estimate of drug-likeness (QED) is 0.719. The van der Waals surface area contributed by atoms with E-state index in [1.54, 1.807) is 32.0 Å². The summed E-state index contributed by atoms with van der Waals surface area (Å²) in [5, 5.41) is 16.1. The lowest BCUT2D eigenvalue weighted by atomic mass is 10.0. The molecule has 1 aromatic heterocycles. The Balaban J connectivity index is 2.19. The van der Waals surface area contributed by atoms with Gasteiger partial charge in [0, 0.05) is 11.3 Å². The van der Waals surface area contributed by atoms with Crippen LogP contribution in [0.5, 0.6) is 5.75 Å². The SMILES string of the molecule is Cc1cc(C)n(/N=C\c2c(O)ccc3ccccc23)c(=O)c1C(N)=O. The second-order valence-corrected chi connectivity index (χ2v) is 5.79. The predicted molar refractivity (Wildman–Crippen MR) is 97.3 cm³/mol. The molecular formula is C19H17N3O3. The van der Waals surface area contributed by atoms with Gasteiger partial charge in [-0.3, -0.25) is 9.59 Å². The summed E-state index contributed by atoms with van der Waals surface area (Å²) < 4.78 is 1.11. The first-order valence-electron chi connectivity index (χ1n) is 7.68. The number of aromatic nitrogens is 1. The average molecular weight is 335 g/mol. The van der Waals surface area contributed by atoms with Crippen LogP contribution in [-0.2, 0) is 0 Å². The van der Waals surface area contributed by atoms with Gasteiger partial charge < -0.3 is 10.8 Å². The van der Waals surface area contributed by atoms with Gasteiger partial charge in [-0.2, -0.15) is 5.10 Å². The molecule has 0 fully saturated rings. The molecule has 6 heteroatoms. The number of aryl methyl sites for hydroxylation is 2. The first-order chi connectivity index (χ1) is 11.9. The van der Waals surface area contributed by atoms with Gasteiger partial charge in [0.25, 0.3) is 11.5 Å². The maximum Gasteiger partial charge on any atom is 0.284 e. The number of carbonyl (C=O) groups excluding carboxylic acids is 1. The van der Waals surface area contributed by atoms with Crippen LogP contribution in [0.4, 0.5) is 0 Å². The van der Waals surface area contributed by atoms with E-state index < -0.39 is 11.5 Å². The number of hydrogen-bond acceptors (Lipinski definition) is 4. The highest BCUT2D eigenvalue weighted by atomic mass is 16.3. The number of nitrogens with two attached hydrogens (primary N) is 1. The second-order valence-electron chi connectivity index (χ2n) is 5.79. The molecule has 126 valence electrons. The topological polar surface area (TPSA) is 97.7 Å². The Bertz CT molecular complexity index is 1080. The van der Waals surface area contributed by atoms with Gasteiger partial charge in [0.15, 0.2) is 0 Å². The van der Waals surface area contributed by atoms with Crippen LogP contribution in [0.25, 0.3) is 10.8 Å². The van der Waals surface area contributed by atoms with Crippen molar-refractivity contribution in [2.75, 3.05) is 0 Å². The zero-order chi connectivity index (χ0) is 18.1. The third-order valence-corrected chi connectivity index (χ3v) is 4.06. The van der Waals surface area contributed by atoms with E-state index in [0.717, 1.165) is 15.4 Å². The minimum absolute atomic E-state index is 0.0513. The fourth-order valence-electron chi connectivity index (χ4n) is 2.86. The lowest BCUT2D eigenvalue weighted by Gasteiger charge is -2.09. The standard InChI is InChI=1S/C19H17N3O3/c1-11-9-12(2)22(19(25)17(11)18(20)24)21-10-15-14-6-4-3-5-13(14)7-8-16(15)23/h3-10,23H,1-2H3,(H2,20,24)/b21-10-. The molecule has 0 saturated heterocycles. The van der Waals surface area contributed by atoms with Gasteiger partial charge in [-0.25, -0.2) is 4.68 Å². The van der Waals surface area contributed by atoms with E-state index >= 15 is 0 Å². The molecule has 0 aliphatic heterocycles. The normalized spacial score (nSPS) is 11.3. The number of phenols is 1. The minimum atomic E-state index is -0.792. The molecule has 25 heavy (non-hydrogen) atoms. The molecule has 1 heterocycles. The van der Waals surface area contributed by atoms with Crippen molar-refractivity contribution in [1.82, 2.24) is 4.68 Å². The Kier molecular flexibility index (Phi) is 4.10. The van der Waals surface area contributed by atoms with E-state index in [0.29, 0.717) is 16.8 Å². The number of carbonyl (C=O) groups is 1. The van der Waals surface area contributed by atoms with Crippen molar-refractivity contribution in [2.24, 2.45) is 10.8 Å². The highest BCUT2D eigenvalue weighted by molar-refractivity contribution is 6.02. The van der Waals surface area contributed by atoms with Gasteiger partial charge in [0.2, 0.25) is 0 Å². The number of phenolic OH excluding ortho intramolecular Hbond substituents is 1. The Morgan fingerprint density at radius 3 is 2.64 bits per heavy atom. The number of pyridine rings is 1. The molecule has 1 amide bonds. The van der Waals surface area contributed by atoms with E-state index in [4.69, 9.17) is 5.73 Å². The summed E-state index contributed by atoms with van der Waals surface area (Å²) >= 11 is 0. The van der Waals surface area contributed by atoms with Gasteiger partial charge >= 0.3 is 0 Å². The van der Waals surface area contributed by atoms with Crippen molar-refractivity contribution in [3.63, 3.8) is 0 Å². The molecular weight excluding hydrogens is 318 g/mol. The van der Waals surface area contributed by atoms with E-state index in [-0.39, 0.29) is 11.3 Å². The Morgan fingerprint density at radius 2 is 1.92 bits per heavy atom. The number of rotatable bonds is 3. The lowest BCUT2D eigenvalue weighted by molar-refractivity contribution is 0.0997. The molecule has 0 aliphatic carbocycles. The van der Waals surface area contributed by atoms with Crippen molar-refractivity contribution in [2.45, 2.75) is 13.8 Å². The van der Waals surface area contributed by atoms with E-state index in [9.17, 15) is 14.7 Å². The maximum atomic E-state index is 12.5. The monoisotopic (exact) mass is 335 g/mol. The minimum Gasteiger partial charge on any atom is -0.507 e. The number of benzene rings is 2.